The average Bonchev–Trinajstić information content (AvgIpc) is 3.06. The van der Waals surface area contributed by atoms with Gasteiger partial charge in [-0.1, -0.05) is 18.2 Å². The summed E-state index contributed by atoms with van der Waals surface area (Å²) in [4.78, 5) is 20.2. The third kappa shape index (κ3) is 4.45. The lowest BCUT2D eigenvalue weighted by Gasteiger charge is -2.34. The molecule has 7 nitrogen and oxygen atoms in total. The maximum atomic E-state index is 11.5. The molecule has 2 aromatic rings. The average molecular weight is 345 g/mol. The van der Waals surface area contributed by atoms with Crippen LogP contribution in [-0.2, 0) is 11.3 Å². The highest BCUT2D eigenvalue weighted by molar-refractivity contribution is 5.87. The van der Waals surface area contributed by atoms with E-state index < -0.39 is 5.97 Å². The topological polar surface area (TPSA) is 79.0 Å². The van der Waals surface area contributed by atoms with Crippen LogP contribution in [0.1, 0.15) is 16.2 Å². The number of oxazole rings is 1. The Bertz CT molecular complexity index is 694. The second kappa shape index (κ2) is 8.24. The summed E-state index contributed by atoms with van der Waals surface area (Å²) in [5.74, 6) is -0.289. The number of ether oxygens (including phenoxy) is 1. The van der Waals surface area contributed by atoms with Gasteiger partial charge in [-0.05, 0) is 12.1 Å². The standard InChI is InChI=1S/C18H23N3O4/c1-24-12-11-20-7-9-21(10-8-20)13-15-16(18(22)23)19-17(25-15)14-5-3-2-4-6-14/h2-6H,7-13H2,1H3,(H,22,23). The monoisotopic (exact) mass is 345 g/mol. The number of benzene rings is 1. The third-order valence-corrected chi connectivity index (χ3v) is 4.36. The molecule has 1 aliphatic rings. The highest BCUT2D eigenvalue weighted by atomic mass is 16.5. The van der Waals surface area contributed by atoms with Gasteiger partial charge in [-0.25, -0.2) is 9.78 Å². The van der Waals surface area contributed by atoms with E-state index in [0.29, 0.717) is 18.2 Å². The van der Waals surface area contributed by atoms with E-state index in [-0.39, 0.29) is 5.69 Å². The molecule has 1 aliphatic heterocycles. The van der Waals surface area contributed by atoms with Gasteiger partial charge in [-0.15, -0.1) is 0 Å². The van der Waals surface area contributed by atoms with Crippen molar-refractivity contribution in [1.82, 2.24) is 14.8 Å². The molecule has 0 radical (unpaired) electrons. The quantitative estimate of drug-likeness (QED) is 0.820. The predicted molar refractivity (Wildman–Crippen MR) is 92.5 cm³/mol. The minimum atomic E-state index is -1.06. The van der Waals surface area contributed by atoms with Crippen LogP contribution in [0.15, 0.2) is 34.7 Å². The van der Waals surface area contributed by atoms with Crippen molar-refractivity contribution in [3.63, 3.8) is 0 Å². The third-order valence-electron chi connectivity index (χ3n) is 4.36. The smallest absolute Gasteiger partial charge is 0.358 e. The Balaban J connectivity index is 1.68. The number of carboxylic acids is 1. The number of carbonyl (C=O) groups is 1. The molecule has 0 saturated carbocycles. The Kier molecular flexibility index (Phi) is 5.80. The number of aromatic nitrogens is 1. The van der Waals surface area contributed by atoms with Crippen LogP contribution in [0.5, 0.6) is 0 Å². The Labute approximate surface area is 146 Å². The number of carboxylic acid groups (broad SMARTS) is 1. The molecule has 0 unspecified atom stereocenters. The van der Waals surface area contributed by atoms with E-state index in [4.69, 9.17) is 9.15 Å². The summed E-state index contributed by atoms with van der Waals surface area (Å²) in [7, 11) is 1.71. The molecule has 1 fully saturated rings. The molecule has 1 aromatic heterocycles. The van der Waals surface area contributed by atoms with Crippen molar-refractivity contribution in [2.75, 3.05) is 46.4 Å². The molecule has 7 heteroatoms. The lowest BCUT2D eigenvalue weighted by atomic mass is 10.2. The molecule has 0 amide bonds. The molecule has 134 valence electrons. The van der Waals surface area contributed by atoms with Gasteiger partial charge in [0.1, 0.15) is 0 Å². The van der Waals surface area contributed by atoms with E-state index in [1.807, 2.05) is 30.3 Å². The fourth-order valence-electron chi connectivity index (χ4n) is 2.92. The Morgan fingerprint density at radius 3 is 2.52 bits per heavy atom. The van der Waals surface area contributed by atoms with Crippen molar-refractivity contribution in [2.24, 2.45) is 0 Å². The number of hydrogen-bond acceptors (Lipinski definition) is 6. The molecule has 0 spiro atoms. The summed E-state index contributed by atoms with van der Waals surface area (Å²) in [6, 6.07) is 9.36. The fraction of sp³-hybridized carbons (Fsp3) is 0.444. The van der Waals surface area contributed by atoms with Gasteiger partial charge in [-0.3, -0.25) is 9.80 Å². The molecular formula is C18H23N3O4. The molecule has 1 aromatic carbocycles. The number of aromatic carboxylic acids is 1. The first-order valence-corrected chi connectivity index (χ1v) is 8.39. The molecule has 1 N–H and O–H groups in total. The number of rotatable bonds is 7. The van der Waals surface area contributed by atoms with E-state index >= 15 is 0 Å². The summed E-state index contributed by atoms with van der Waals surface area (Å²) < 4.78 is 10.9. The van der Waals surface area contributed by atoms with Gasteiger partial charge in [0.2, 0.25) is 5.89 Å². The molecule has 1 saturated heterocycles. The molecule has 25 heavy (non-hydrogen) atoms. The van der Waals surface area contributed by atoms with Crippen molar-refractivity contribution < 1.29 is 19.1 Å². The molecule has 0 aliphatic carbocycles. The van der Waals surface area contributed by atoms with Crippen molar-refractivity contribution >= 4 is 5.97 Å². The molecule has 2 heterocycles. The van der Waals surface area contributed by atoms with Gasteiger partial charge in [0.15, 0.2) is 11.5 Å². The molecule has 0 atom stereocenters. The number of hydrogen-bond donors (Lipinski definition) is 1. The van der Waals surface area contributed by atoms with Crippen LogP contribution in [-0.4, -0.2) is 72.3 Å². The van der Waals surface area contributed by atoms with Crippen LogP contribution in [0, 0.1) is 0 Å². The van der Waals surface area contributed by atoms with Crippen LogP contribution < -0.4 is 0 Å². The van der Waals surface area contributed by atoms with Crippen LogP contribution in [0.2, 0.25) is 0 Å². The van der Waals surface area contributed by atoms with E-state index in [2.05, 4.69) is 14.8 Å². The van der Waals surface area contributed by atoms with Crippen LogP contribution in [0.4, 0.5) is 0 Å². The SMILES string of the molecule is COCCN1CCN(Cc2oc(-c3ccccc3)nc2C(=O)O)CC1. The highest BCUT2D eigenvalue weighted by Crippen LogP contribution is 2.23. The second-order valence-electron chi connectivity index (χ2n) is 6.07. The van der Waals surface area contributed by atoms with Gasteiger partial charge in [0.05, 0.1) is 13.2 Å². The maximum absolute atomic E-state index is 11.5. The number of methoxy groups -OCH3 is 1. The van der Waals surface area contributed by atoms with E-state index in [1.54, 1.807) is 7.11 Å². The van der Waals surface area contributed by atoms with Gasteiger partial charge < -0.3 is 14.3 Å². The summed E-state index contributed by atoms with van der Waals surface area (Å²) in [6.45, 7) is 5.71. The van der Waals surface area contributed by atoms with Crippen molar-refractivity contribution in [2.45, 2.75) is 6.54 Å². The second-order valence-corrected chi connectivity index (χ2v) is 6.07. The first-order valence-electron chi connectivity index (χ1n) is 8.39. The molecule has 3 rings (SSSR count). The summed E-state index contributed by atoms with van der Waals surface area (Å²) in [6.07, 6.45) is 0. The van der Waals surface area contributed by atoms with Gasteiger partial charge >= 0.3 is 5.97 Å². The van der Waals surface area contributed by atoms with Gasteiger partial charge in [0.25, 0.3) is 0 Å². The zero-order valence-corrected chi connectivity index (χ0v) is 14.4. The summed E-state index contributed by atoms with van der Waals surface area (Å²) in [5.41, 5.74) is 0.779. The highest BCUT2D eigenvalue weighted by Gasteiger charge is 2.24. The number of piperazine rings is 1. The normalized spacial score (nSPS) is 16.2. The van der Waals surface area contributed by atoms with Crippen LogP contribution in [0.25, 0.3) is 11.5 Å². The summed E-state index contributed by atoms with van der Waals surface area (Å²) >= 11 is 0. The van der Waals surface area contributed by atoms with Gasteiger partial charge in [-0.2, -0.15) is 0 Å². The zero-order valence-electron chi connectivity index (χ0n) is 14.4. The summed E-state index contributed by atoms with van der Waals surface area (Å²) in [5, 5.41) is 9.43. The molecular weight excluding hydrogens is 322 g/mol. The van der Waals surface area contributed by atoms with Crippen LogP contribution in [0.3, 0.4) is 0 Å². The Morgan fingerprint density at radius 1 is 1.20 bits per heavy atom. The number of nitrogens with zero attached hydrogens (tertiary/aromatic N) is 3. The first-order chi connectivity index (χ1) is 12.2. The van der Waals surface area contributed by atoms with Crippen molar-refractivity contribution in [3.05, 3.63) is 41.8 Å². The Morgan fingerprint density at radius 2 is 1.88 bits per heavy atom. The first kappa shape index (κ1) is 17.6. The van der Waals surface area contributed by atoms with Crippen molar-refractivity contribution in [1.29, 1.82) is 0 Å². The molecule has 0 bridgehead atoms. The van der Waals surface area contributed by atoms with Crippen LogP contribution >= 0.6 is 0 Å². The minimum Gasteiger partial charge on any atom is -0.476 e. The van der Waals surface area contributed by atoms with E-state index in [1.165, 1.54) is 0 Å². The van der Waals surface area contributed by atoms with E-state index in [9.17, 15) is 9.90 Å². The largest absolute Gasteiger partial charge is 0.476 e. The predicted octanol–water partition coefficient (Wildman–Crippen LogP) is 1.80. The zero-order chi connectivity index (χ0) is 17.6. The maximum Gasteiger partial charge on any atom is 0.358 e. The van der Waals surface area contributed by atoms with Crippen molar-refractivity contribution in [3.8, 4) is 11.5 Å². The lowest BCUT2D eigenvalue weighted by molar-refractivity contribution is 0.0681. The lowest BCUT2D eigenvalue weighted by Crippen LogP contribution is -2.46. The Hall–Kier alpha value is -2.22. The fourth-order valence-corrected chi connectivity index (χ4v) is 2.92. The van der Waals surface area contributed by atoms with Gasteiger partial charge in [0, 0.05) is 45.4 Å². The van der Waals surface area contributed by atoms with E-state index in [0.717, 1.165) is 44.9 Å². The minimum absolute atomic E-state index is 0.000616.